The molecule has 1 aliphatic heterocycles. The third kappa shape index (κ3) is 2.79. The largest absolute Gasteiger partial charge is 0.478 e. The summed E-state index contributed by atoms with van der Waals surface area (Å²) in [7, 11) is 2.08. The molecule has 0 aliphatic carbocycles. The summed E-state index contributed by atoms with van der Waals surface area (Å²) in [5, 5.41) is 11.9. The topological polar surface area (TPSA) is 52.6 Å². The molecule has 0 spiro atoms. The van der Waals surface area contributed by atoms with E-state index in [2.05, 4.69) is 17.3 Å². The lowest BCUT2D eigenvalue weighted by molar-refractivity contribution is 0.0692. The molecule has 1 atom stereocenters. The molecule has 1 aromatic rings. The second-order valence-corrected chi connectivity index (χ2v) is 4.66. The van der Waals surface area contributed by atoms with Crippen LogP contribution < -0.4 is 5.32 Å². The van der Waals surface area contributed by atoms with Crippen LogP contribution in [0, 0.1) is 5.82 Å². The maximum atomic E-state index is 13.4. The van der Waals surface area contributed by atoms with Gasteiger partial charge < -0.3 is 15.3 Å². The zero-order valence-electron chi connectivity index (χ0n) is 10.3. The Kier molecular flexibility index (Phi) is 3.81. The van der Waals surface area contributed by atoms with E-state index in [4.69, 9.17) is 5.11 Å². The fourth-order valence-corrected chi connectivity index (χ4v) is 2.27. The Labute approximate surface area is 105 Å². The van der Waals surface area contributed by atoms with Crippen LogP contribution in [0.3, 0.4) is 0 Å². The number of aromatic carboxylic acids is 1. The lowest BCUT2D eigenvalue weighted by atomic mass is 10.1. The van der Waals surface area contributed by atoms with Crippen LogP contribution in [0.5, 0.6) is 0 Å². The quantitative estimate of drug-likeness (QED) is 0.861. The first kappa shape index (κ1) is 12.8. The summed E-state index contributed by atoms with van der Waals surface area (Å²) in [5.74, 6) is -1.94. The zero-order chi connectivity index (χ0) is 13.1. The Bertz CT molecular complexity index is 451. The van der Waals surface area contributed by atoms with Gasteiger partial charge in [-0.3, -0.25) is 0 Å². The minimum atomic E-state index is -1.24. The minimum Gasteiger partial charge on any atom is -0.478 e. The number of rotatable bonds is 4. The summed E-state index contributed by atoms with van der Waals surface area (Å²) in [4.78, 5) is 12.9. The van der Waals surface area contributed by atoms with Gasteiger partial charge in [-0.2, -0.15) is 0 Å². The predicted molar refractivity (Wildman–Crippen MR) is 67.5 cm³/mol. The number of carboxylic acids is 1. The van der Waals surface area contributed by atoms with Crippen LogP contribution >= 0.6 is 0 Å². The summed E-state index contributed by atoms with van der Waals surface area (Å²) in [6.07, 6.45) is 2.33. The molecule has 0 amide bonds. The van der Waals surface area contributed by atoms with Gasteiger partial charge in [-0.25, -0.2) is 9.18 Å². The van der Waals surface area contributed by atoms with Crippen molar-refractivity contribution >= 4 is 11.7 Å². The maximum Gasteiger partial charge on any atom is 0.338 e. The van der Waals surface area contributed by atoms with Gasteiger partial charge in [0.2, 0.25) is 0 Å². The Balaban J connectivity index is 1.98. The fraction of sp³-hybridized carbons (Fsp3) is 0.462. The molecule has 0 bridgehead atoms. The highest BCUT2D eigenvalue weighted by atomic mass is 19.1. The lowest BCUT2D eigenvalue weighted by Crippen LogP contribution is -2.31. The molecule has 4 nitrogen and oxygen atoms in total. The number of benzene rings is 1. The lowest BCUT2D eigenvalue weighted by Gasteiger charge is -2.20. The van der Waals surface area contributed by atoms with Gasteiger partial charge in [-0.1, -0.05) is 0 Å². The smallest absolute Gasteiger partial charge is 0.338 e. The molecule has 2 rings (SSSR count). The highest BCUT2D eigenvalue weighted by Crippen LogP contribution is 2.18. The van der Waals surface area contributed by atoms with Crippen molar-refractivity contribution < 1.29 is 14.3 Å². The number of likely N-dealkylation sites (tertiary alicyclic amines) is 1. The van der Waals surface area contributed by atoms with Crippen LogP contribution in [0.2, 0.25) is 0 Å². The van der Waals surface area contributed by atoms with Crippen molar-refractivity contribution in [2.45, 2.75) is 18.9 Å². The molecule has 98 valence electrons. The van der Waals surface area contributed by atoms with Crippen LogP contribution in [-0.2, 0) is 0 Å². The molecule has 0 aromatic heterocycles. The average molecular weight is 252 g/mol. The third-order valence-corrected chi connectivity index (χ3v) is 3.41. The van der Waals surface area contributed by atoms with Crippen molar-refractivity contribution in [2.75, 3.05) is 25.5 Å². The van der Waals surface area contributed by atoms with Gasteiger partial charge in [0.05, 0.1) is 5.56 Å². The molecule has 0 radical (unpaired) electrons. The number of nitrogens with one attached hydrogen (secondary N) is 1. The van der Waals surface area contributed by atoms with Crippen molar-refractivity contribution in [3.05, 3.63) is 29.6 Å². The van der Waals surface area contributed by atoms with Crippen molar-refractivity contribution in [3.8, 4) is 0 Å². The Morgan fingerprint density at radius 2 is 2.39 bits per heavy atom. The second-order valence-electron chi connectivity index (χ2n) is 4.66. The minimum absolute atomic E-state index is 0.293. The van der Waals surface area contributed by atoms with Gasteiger partial charge in [0, 0.05) is 18.3 Å². The van der Waals surface area contributed by atoms with Crippen molar-refractivity contribution in [3.63, 3.8) is 0 Å². The predicted octanol–water partition coefficient (Wildman–Crippen LogP) is 2.03. The molecule has 0 saturated carbocycles. The Hall–Kier alpha value is -1.62. The van der Waals surface area contributed by atoms with Gasteiger partial charge in [0.15, 0.2) is 0 Å². The van der Waals surface area contributed by atoms with Crippen LogP contribution in [0.25, 0.3) is 0 Å². The van der Waals surface area contributed by atoms with E-state index in [1.54, 1.807) is 6.07 Å². The number of carboxylic acid groups (broad SMARTS) is 1. The number of hydrogen-bond acceptors (Lipinski definition) is 3. The van der Waals surface area contributed by atoms with Crippen LogP contribution in [0.1, 0.15) is 23.2 Å². The van der Waals surface area contributed by atoms with E-state index in [0.29, 0.717) is 11.7 Å². The van der Waals surface area contributed by atoms with E-state index >= 15 is 0 Å². The molecule has 1 aromatic carbocycles. The summed E-state index contributed by atoms with van der Waals surface area (Å²) in [5.41, 5.74) is 0.330. The van der Waals surface area contributed by atoms with E-state index in [1.165, 1.54) is 18.6 Å². The molecule has 1 fully saturated rings. The molecule has 1 aliphatic rings. The maximum absolute atomic E-state index is 13.4. The number of hydrogen-bond donors (Lipinski definition) is 2. The number of likely N-dealkylation sites (N-methyl/N-ethyl adjacent to an activating group) is 1. The summed E-state index contributed by atoms with van der Waals surface area (Å²) < 4.78 is 13.4. The first-order chi connectivity index (χ1) is 8.58. The molecule has 5 heteroatoms. The summed E-state index contributed by atoms with van der Waals surface area (Å²) >= 11 is 0. The highest BCUT2D eigenvalue weighted by molar-refractivity contribution is 5.88. The summed E-state index contributed by atoms with van der Waals surface area (Å²) in [6, 6.07) is 4.59. The monoisotopic (exact) mass is 252 g/mol. The Morgan fingerprint density at radius 1 is 1.61 bits per heavy atom. The zero-order valence-corrected chi connectivity index (χ0v) is 10.3. The standard InChI is InChI=1S/C13H17FN2O2/c1-16-6-2-3-10(16)8-15-9-4-5-11(13(17)18)12(14)7-9/h4-5,7,10,15H,2-3,6,8H2,1H3,(H,17,18). The number of nitrogens with zero attached hydrogens (tertiary/aromatic N) is 1. The van der Waals surface area contributed by atoms with Crippen LogP contribution in [0.4, 0.5) is 10.1 Å². The molecule has 18 heavy (non-hydrogen) atoms. The van der Waals surface area contributed by atoms with Gasteiger partial charge in [-0.05, 0) is 44.6 Å². The van der Waals surface area contributed by atoms with E-state index in [0.717, 1.165) is 19.5 Å². The van der Waals surface area contributed by atoms with Gasteiger partial charge in [0.1, 0.15) is 5.82 Å². The fourth-order valence-electron chi connectivity index (χ4n) is 2.27. The van der Waals surface area contributed by atoms with E-state index in [9.17, 15) is 9.18 Å². The molecule has 2 N–H and O–H groups in total. The molecular weight excluding hydrogens is 235 g/mol. The SMILES string of the molecule is CN1CCCC1CNc1ccc(C(=O)O)c(F)c1. The first-order valence-corrected chi connectivity index (χ1v) is 6.05. The van der Waals surface area contributed by atoms with Gasteiger partial charge in [-0.15, -0.1) is 0 Å². The highest BCUT2D eigenvalue weighted by Gasteiger charge is 2.20. The number of anilines is 1. The van der Waals surface area contributed by atoms with E-state index in [1.807, 2.05) is 0 Å². The normalized spacial score (nSPS) is 20.0. The Morgan fingerprint density at radius 3 is 2.94 bits per heavy atom. The molecule has 1 unspecified atom stereocenters. The van der Waals surface area contributed by atoms with Crippen LogP contribution in [-0.4, -0.2) is 42.2 Å². The van der Waals surface area contributed by atoms with Crippen LogP contribution in [0.15, 0.2) is 18.2 Å². The van der Waals surface area contributed by atoms with Crippen molar-refractivity contribution in [2.24, 2.45) is 0 Å². The van der Waals surface area contributed by atoms with Crippen molar-refractivity contribution in [1.82, 2.24) is 4.90 Å². The number of carbonyl (C=O) groups is 1. The molecule has 1 saturated heterocycles. The number of halogens is 1. The van der Waals surface area contributed by atoms with E-state index in [-0.39, 0.29) is 5.56 Å². The van der Waals surface area contributed by atoms with E-state index < -0.39 is 11.8 Å². The second kappa shape index (κ2) is 5.35. The third-order valence-electron chi connectivity index (χ3n) is 3.41. The van der Waals surface area contributed by atoms with Crippen molar-refractivity contribution in [1.29, 1.82) is 0 Å². The molecular formula is C13H17FN2O2. The molecule has 1 heterocycles. The van der Waals surface area contributed by atoms with Gasteiger partial charge >= 0.3 is 5.97 Å². The first-order valence-electron chi connectivity index (χ1n) is 6.05. The average Bonchev–Trinajstić information content (AvgIpc) is 2.72. The summed E-state index contributed by atoms with van der Waals surface area (Å²) in [6.45, 7) is 1.85. The van der Waals surface area contributed by atoms with Gasteiger partial charge in [0.25, 0.3) is 0 Å².